The lowest BCUT2D eigenvalue weighted by Gasteiger charge is -2.08. The summed E-state index contributed by atoms with van der Waals surface area (Å²) in [6.07, 6.45) is 0. The third-order valence-electron chi connectivity index (χ3n) is 2.87. The van der Waals surface area contributed by atoms with Gasteiger partial charge in [-0.25, -0.2) is 9.18 Å². The summed E-state index contributed by atoms with van der Waals surface area (Å²) in [6.45, 7) is 2.15. The van der Waals surface area contributed by atoms with Gasteiger partial charge in [0.1, 0.15) is 11.6 Å². The summed E-state index contributed by atoms with van der Waals surface area (Å²) in [7, 11) is 0. The molecule has 0 aliphatic rings. The summed E-state index contributed by atoms with van der Waals surface area (Å²) >= 11 is 1.38. The Hall–Kier alpha value is -2.01. The van der Waals surface area contributed by atoms with Crippen molar-refractivity contribution in [3.05, 3.63) is 59.4 Å². The van der Waals surface area contributed by atoms with Crippen LogP contribution in [0.5, 0.6) is 5.75 Å². The molecule has 0 saturated heterocycles. The molecule has 0 spiro atoms. The average Bonchev–Trinajstić information content (AvgIpc) is 2.45. The van der Waals surface area contributed by atoms with Crippen LogP contribution in [0.1, 0.15) is 15.9 Å². The summed E-state index contributed by atoms with van der Waals surface area (Å²) in [4.78, 5) is 11.5. The van der Waals surface area contributed by atoms with Crippen molar-refractivity contribution in [1.82, 2.24) is 0 Å². The van der Waals surface area contributed by atoms with Crippen LogP contribution in [0.15, 0.2) is 47.4 Å². The highest BCUT2D eigenvalue weighted by atomic mass is 32.2. The van der Waals surface area contributed by atoms with E-state index in [1.165, 1.54) is 23.9 Å². The van der Waals surface area contributed by atoms with E-state index in [1.54, 1.807) is 37.3 Å². The third-order valence-corrected chi connectivity index (χ3v) is 3.89. The number of carbonyl (C=O) groups is 1. The van der Waals surface area contributed by atoms with Crippen LogP contribution in [0, 0.1) is 12.7 Å². The predicted octanol–water partition coefficient (Wildman–Crippen LogP) is 4.00. The maximum Gasteiger partial charge on any atom is 0.335 e. The number of benzene rings is 2. The first kappa shape index (κ1) is 15.4. The van der Waals surface area contributed by atoms with Crippen molar-refractivity contribution in [3.8, 4) is 5.75 Å². The maximum atomic E-state index is 13.4. The van der Waals surface area contributed by atoms with Crippen LogP contribution in [0.4, 0.5) is 4.39 Å². The lowest BCUT2D eigenvalue weighted by Crippen LogP contribution is -2.03. The molecule has 0 fully saturated rings. The number of aryl methyl sites for hydroxylation is 1. The third kappa shape index (κ3) is 4.23. The van der Waals surface area contributed by atoms with Gasteiger partial charge in [0, 0.05) is 10.6 Å². The van der Waals surface area contributed by atoms with Crippen molar-refractivity contribution in [2.45, 2.75) is 11.8 Å². The van der Waals surface area contributed by atoms with E-state index in [-0.39, 0.29) is 11.4 Å². The van der Waals surface area contributed by atoms with Gasteiger partial charge < -0.3 is 9.84 Å². The van der Waals surface area contributed by atoms with Gasteiger partial charge in [-0.15, -0.1) is 11.8 Å². The molecule has 110 valence electrons. The van der Waals surface area contributed by atoms with E-state index in [0.29, 0.717) is 28.6 Å². The first-order valence-electron chi connectivity index (χ1n) is 6.42. The summed E-state index contributed by atoms with van der Waals surface area (Å²) in [5.41, 5.74) is 0.921. The Morgan fingerprint density at radius 3 is 2.71 bits per heavy atom. The minimum atomic E-state index is -0.950. The quantitative estimate of drug-likeness (QED) is 0.647. The monoisotopic (exact) mass is 306 g/mol. The standard InChI is InChI=1S/C16H15FO3S/c1-11-10-12(6-7-13(11)16(18)19)20-8-9-21-15-5-3-2-4-14(15)17/h2-7,10H,8-9H2,1H3,(H,18,19). The fraction of sp³-hybridized carbons (Fsp3) is 0.188. The maximum absolute atomic E-state index is 13.4. The normalized spacial score (nSPS) is 10.4. The zero-order valence-electron chi connectivity index (χ0n) is 11.5. The van der Waals surface area contributed by atoms with Gasteiger partial charge in [0.25, 0.3) is 0 Å². The molecule has 0 bridgehead atoms. The van der Waals surface area contributed by atoms with Crippen molar-refractivity contribution in [2.75, 3.05) is 12.4 Å². The Morgan fingerprint density at radius 1 is 1.29 bits per heavy atom. The molecule has 5 heteroatoms. The minimum Gasteiger partial charge on any atom is -0.493 e. The Morgan fingerprint density at radius 2 is 2.05 bits per heavy atom. The van der Waals surface area contributed by atoms with Crippen molar-refractivity contribution in [1.29, 1.82) is 0 Å². The number of ether oxygens (including phenoxy) is 1. The summed E-state index contributed by atoms with van der Waals surface area (Å²) in [6, 6.07) is 11.4. The Labute approximate surface area is 126 Å². The summed E-state index contributed by atoms with van der Waals surface area (Å²) in [5, 5.41) is 8.94. The number of carboxylic acids is 1. The number of hydrogen-bond donors (Lipinski definition) is 1. The number of carboxylic acid groups (broad SMARTS) is 1. The Balaban J connectivity index is 1.85. The molecule has 0 aromatic heterocycles. The second kappa shape index (κ2) is 7.13. The Bertz CT molecular complexity index is 643. The molecule has 3 nitrogen and oxygen atoms in total. The average molecular weight is 306 g/mol. The first-order chi connectivity index (χ1) is 10.1. The molecule has 0 heterocycles. The van der Waals surface area contributed by atoms with E-state index in [4.69, 9.17) is 9.84 Å². The van der Waals surface area contributed by atoms with Crippen LogP contribution >= 0.6 is 11.8 Å². The molecule has 1 N–H and O–H groups in total. The van der Waals surface area contributed by atoms with Crippen LogP contribution in [-0.2, 0) is 0 Å². The summed E-state index contributed by atoms with van der Waals surface area (Å²) in [5.74, 6) is 0.0469. The largest absolute Gasteiger partial charge is 0.493 e. The fourth-order valence-corrected chi connectivity index (χ4v) is 2.61. The zero-order chi connectivity index (χ0) is 15.2. The number of hydrogen-bond acceptors (Lipinski definition) is 3. The first-order valence-corrected chi connectivity index (χ1v) is 7.40. The van der Waals surface area contributed by atoms with Crippen molar-refractivity contribution in [3.63, 3.8) is 0 Å². The zero-order valence-corrected chi connectivity index (χ0v) is 12.3. The highest BCUT2D eigenvalue weighted by Gasteiger charge is 2.07. The molecule has 0 atom stereocenters. The molecule has 0 saturated carbocycles. The highest BCUT2D eigenvalue weighted by molar-refractivity contribution is 7.99. The summed E-state index contributed by atoms with van der Waals surface area (Å²) < 4.78 is 18.9. The number of thioether (sulfide) groups is 1. The molecule has 0 amide bonds. The highest BCUT2D eigenvalue weighted by Crippen LogP contribution is 2.22. The van der Waals surface area contributed by atoms with Gasteiger partial charge in [-0.1, -0.05) is 12.1 Å². The second-order valence-corrected chi connectivity index (χ2v) is 5.55. The second-order valence-electron chi connectivity index (χ2n) is 4.41. The fourth-order valence-electron chi connectivity index (χ4n) is 1.84. The van der Waals surface area contributed by atoms with Gasteiger partial charge >= 0.3 is 5.97 Å². The topological polar surface area (TPSA) is 46.5 Å². The van der Waals surface area contributed by atoms with E-state index < -0.39 is 5.97 Å². The van der Waals surface area contributed by atoms with Crippen molar-refractivity contribution >= 4 is 17.7 Å². The molecule has 0 radical (unpaired) electrons. The minimum absolute atomic E-state index is 0.232. The molecule has 2 rings (SSSR count). The molecule has 2 aromatic carbocycles. The van der Waals surface area contributed by atoms with Crippen molar-refractivity contribution in [2.24, 2.45) is 0 Å². The predicted molar refractivity (Wildman–Crippen MR) is 80.8 cm³/mol. The van der Waals surface area contributed by atoms with Gasteiger partial charge in [-0.05, 0) is 42.8 Å². The molecule has 0 aliphatic carbocycles. The van der Waals surface area contributed by atoms with Crippen LogP contribution in [-0.4, -0.2) is 23.4 Å². The molecular formula is C16H15FO3S. The number of halogens is 1. The van der Waals surface area contributed by atoms with Gasteiger partial charge in [-0.3, -0.25) is 0 Å². The van der Waals surface area contributed by atoms with E-state index >= 15 is 0 Å². The van der Waals surface area contributed by atoms with Crippen LogP contribution in [0.2, 0.25) is 0 Å². The SMILES string of the molecule is Cc1cc(OCCSc2ccccc2F)ccc1C(=O)O. The smallest absolute Gasteiger partial charge is 0.335 e. The lowest BCUT2D eigenvalue weighted by atomic mass is 10.1. The van der Waals surface area contributed by atoms with Gasteiger partial charge in [0.2, 0.25) is 0 Å². The molecule has 0 unspecified atom stereocenters. The Kier molecular flexibility index (Phi) is 5.22. The molecule has 2 aromatic rings. The van der Waals surface area contributed by atoms with Crippen LogP contribution in [0.3, 0.4) is 0 Å². The number of aromatic carboxylic acids is 1. The van der Waals surface area contributed by atoms with Crippen LogP contribution < -0.4 is 4.74 Å². The van der Waals surface area contributed by atoms with E-state index in [9.17, 15) is 9.18 Å². The van der Waals surface area contributed by atoms with Crippen molar-refractivity contribution < 1.29 is 19.0 Å². The van der Waals surface area contributed by atoms with Crippen LogP contribution in [0.25, 0.3) is 0 Å². The van der Waals surface area contributed by atoms with E-state index in [0.717, 1.165) is 0 Å². The van der Waals surface area contributed by atoms with Gasteiger partial charge in [-0.2, -0.15) is 0 Å². The van der Waals surface area contributed by atoms with E-state index in [1.807, 2.05) is 0 Å². The molecule has 0 aliphatic heterocycles. The van der Waals surface area contributed by atoms with Gasteiger partial charge in [0.05, 0.1) is 12.2 Å². The lowest BCUT2D eigenvalue weighted by molar-refractivity contribution is 0.0696. The number of rotatable bonds is 6. The molecular weight excluding hydrogens is 291 g/mol. The van der Waals surface area contributed by atoms with E-state index in [2.05, 4.69) is 0 Å². The van der Waals surface area contributed by atoms with Gasteiger partial charge in [0.15, 0.2) is 0 Å². The molecule has 21 heavy (non-hydrogen) atoms.